The second kappa shape index (κ2) is 6.24. The summed E-state index contributed by atoms with van der Waals surface area (Å²) in [6.07, 6.45) is -2.20. The molecular formula is C18H17F3N3O3-. The Hall–Kier alpha value is -2.58. The van der Waals surface area contributed by atoms with E-state index in [9.17, 15) is 23.1 Å². The number of rotatable bonds is 2. The maximum absolute atomic E-state index is 12.6. The van der Waals surface area contributed by atoms with E-state index >= 15 is 0 Å². The molecule has 4 rings (SSSR count). The van der Waals surface area contributed by atoms with Gasteiger partial charge < -0.3 is 19.3 Å². The molecule has 1 saturated carbocycles. The van der Waals surface area contributed by atoms with E-state index in [0.29, 0.717) is 24.5 Å². The standard InChI is InChI=1S/C18H18F3N3O3/c19-18(20,21)13-3-1-11(2-4-13)15-22-14(23-27-15)12-9-17(10-12)5-7-24(8-6-17)16(25)26/h1-4,12H,5-10H2,(H,25,26)/p-1. The summed E-state index contributed by atoms with van der Waals surface area (Å²) in [5.41, 5.74) is -0.168. The normalized spacial score (nSPS) is 19.9. The molecule has 1 aromatic heterocycles. The SMILES string of the molecule is O=C([O-])N1CCC2(CC1)CC(c1noc(-c3ccc(C(F)(F)F)cc3)n1)C2. The van der Waals surface area contributed by atoms with Gasteiger partial charge in [0.1, 0.15) is 6.09 Å². The van der Waals surface area contributed by atoms with E-state index < -0.39 is 17.8 Å². The summed E-state index contributed by atoms with van der Waals surface area (Å²) < 4.78 is 43.1. The molecule has 0 unspecified atom stereocenters. The number of amides is 1. The third kappa shape index (κ3) is 3.38. The molecule has 0 N–H and O–H groups in total. The van der Waals surface area contributed by atoms with Crippen LogP contribution in [0, 0.1) is 5.41 Å². The Morgan fingerprint density at radius 3 is 2.37 bits per heavy atom. The highest BCUT2D eigenvalue weighted by atomic mass is 19.4. The first-order chi connectivity index (χ1) is 12.8. The lowest BCUT2D eigenvalue weighted by Gasteiger charge is -2.51. The molecule has 1 amide bonds. The van der Waals surface area contributed by atoms with Crippen LogP contribution in [0.5, 0.6) is 0 Å². The monoisotopic (exact) mass is 380 g/mol. The lowest BCUT2D eigenvalue weighted by atomic mass is 9.57. The van der Waals surface area contributed by atoms with Gasteiger partial charge in [-0.2, -0.15) is 18.2 Å². The Labute approximate surface area is 153 Å². The van der Waals surface area contributed by atoms with Gasteiger partial charge in [0.05, 0.1) is 5.56 Å². The van der Waals surface area contributed by atoms with Gasteiger partial charge in [0, 0.05) is 24.6 Å². The quantitative estimate of drug-likeness (QED) is 0.800. The summed E-state index contributed by atoms with van der Waals surface area (Å²) in [5, 5.41) is 14.9. The van der Waals surface area contributed by atoms with Crippen LogP contribution in [0.4, 0.5) is 18.0 Å². The third-order valence-corrected chi connectivity index (χ3v) is 5.71. The molecule has 1 spiro atoms. The van der Waals surface area contributed by atoms with Gasteiger partial charge in [-0.1, -0.05) is 5.16 Å². The van der Waals surface area contributed by atoms with E-state index in [-0.39, 0.29) is 17.2 Å². The molecular weight excluding hydrogens is 363 g/mol. The fourth-order valence-corrected chi connectivity index (χ4v) is 4.06. The molecule has 2 aromatic rings. The van der Waals surface area contributed by atoms with E-state index in [2.05, 4.69) is 10.1 Å². The summed E-state index contributed by atoms with van der Waals surface area (Å²) in [6, 6.07) is 4.61. The fourth-order valence-electron chi connectivity index (χ4n) is 4.06. The molecule has 2 aliphatic rings. The Morgan fingerprint density at radius 1 is 1.19 bits per heavy atom. The fraction of sp³-hybridized carbons (Fsp3) is 0.500. The van der Waals surface area contributed by atoms with E-state index in [1.54, 1.807) is 0 Å². The number of benzene rings is 1. The van der Waals surface area contributed by atoms with Crippen molar-refractivity contribution >= 4 is 6.09 Å². The van der Waals surface area contributed by atoms with Gasteiger partial charge in [-0.25, -0.2) is 0 Å². The number of hydrogen-bond donors (Lipinski definition) is 0. The van der Waals surface area contributed by atoms with Crippen LogP contribution >= 0.6 is 0 Å². The molecule has 2 heterocycles. The van der Waals surface area contributed by atoms with Crippen LogP contribution in [0.3, 0.4) is 0 Å². The lowest BCUT2D eigenvalue weighted by Crippen LogP contribution is -2.51. The van der Waals surface area contributed by atoms with Crippen molar-refractivity contribution in [1.82, 2.24) is 15.0 Å². The summed E-state index contributed by atoms with van der Waals surface area (Å²) in [4.78, 5) is 16.6. The van der Waals surface area contributed by atoms with E-state index in [1.165, 1.54) is 17.0 Å². The number of hydrogen-bond acceptors (Lipinski definition) is 5. The zero-order chi connectivity index (χ0) is 19.2. The number of carboxylic acid groups (broad SMARTS) is 1. The highest BCUT2D eigenvalue weighted by Crippen LogP contribution is 2.56. The lowest BCUT2D eigenvalue weighted by molar-refractivity contribution is -0.267. The maximum Gasteiger partial charge on any atom is 0.416 e. The molecule has 1 aromatic carbocycles. The molecule has 0 radical (unpaired) electrons. The van der Waals surface area contributed by atoms with Crippen molar-refractivity contribution in [2.45, 2.75) is 37.8 Å². The summed E-state index contributed by atoms with van der Waals surface area (Å²) in [6.45, 7) is 0.968. The van der Waals surface area contributed by atoms with Crippen molar-refractivity contribution in [3.8, 4) is 11.5 Å². The number of halogens is 3. The Morgan fingerprint density at radius 2 is 1.81 bits per heavy atom. The van der Waals surface area contributed by atoms with Gasteiger partial charge in [0.25, 0.3) is 5.89 Å². The number of carbonyl (C=O) groups excluding carboxylic acids is 1. The molecule has 9 heteroatoms. The second-order valence-electron chi connectivity index (χ2n) is 7.39. The second-order valence-corrected chi connectivity index (χ2v) is 7.39. The average molecular weight is 380 g/mol. The minimum atomic E-state index is -4.38. The van der Waals surface area contributed by atoms with E-state index in [0.717, 1.165) is 37.8 Å². The van der Waals surface area contributed by atoms with Crippen molar-refractivity contribution in [3.05, 3.63) is 35.7 Å². The first-order valence-corrected chi connectivity index (χ1v) is 8.73. The molecule has 0 bridgehead atoms. The van der Waals surface area contributed by atoms with E-state index in [4.69, 9.17) is 4.52 Å². The van der Waals surface area contributed by atoms with Crippen molar-refractivity contribution < 1.29 is 27.6 Å². The van der Waals surface area contributed by atoms with Crippen LogP contribution in [0.2, 0.25) is 0 Å². The molecule has 144 valence electrons. The molecule has 1 saturated heterocycles. The summed E-state index contributed by atoms with van der Waals surface area (Å²) >= 11 is 0. The zero-order valence-electron chi connectivity index (χ0n) is 14.3. The first kappa shape index (κ1) is 17.8. The van der Waals surface area contributed by atoms with Crippen LogP contribution in [0.15, 0.2) is 28.8 Å². The van der Waals surface area contributed by atoms with Gasteiger partial charge in [0.2, 0.25) is 0 Å². The van der Waals surface area contributed by atoms with Crippen LogP contribution in [0.25, 0.3) is 11.5 Å². The third-order valence-electron chi connectivity index (χ3n) is 5.71. The molecule has 6 nitrogen and oxygen atoms in total. The number of carbonyl (C=O) groups is 1. The largest absolute Gasteiger partial charge is 0.530 e. The van der Waals surface area contributed by atoms with Gasteiger partial charge in [0.15, 0.2) is 5.82 Å². The average Bonchev–Trinajstić information content (AvgIpc) is 3.08. The highest BCUT2D eigenvalue weighted by molar-refractivity contribution is 5.62. The number of aromatic nitrogens is 2. The van der Waals surface area contributed by atoms with Crippen LogP contribution in [-0.4, -0.2) is 34.2 Å². The van der Waals surface area contributed by atoms with E-state index in [1.807, 2.05) is 0 Å². The highest BCUT2D eigenvalue weighted by Gasteiger charge is 2.48. The number of piperidine rings is 1. The van der Waals surface area contributed by atoms with Crippen LogP contribution in [-0.2, 0) is 6.18 Å². The number of likely N-dealkylation sites (tertiary alicyclic amines) is 1. The Balaban J connectivity index is 1.39. The van der Waals surface area contributed by atoms with Gasteiger partial charge in [-0.15, -0.1) is 0 Å². The topological polar surface area (TPSA) is 82.3 Å². The predicted molar refractivity (Wildman–Crippen MR) is 85.3 cm³/mol. The van der Waals surface area contributed by atoms with Crippen LogP contribution in [0.1, 0.15) is 43.0 Å². The Kier molecular flexibility index (Phi) is 4.12. The molecule has 1 aliphatic heterocycles. The zero-order valence-corrected chi connectivity index (χ0v) is 14.3. The van der Waals surface area contributed by atoms with Gasteiger partial charge in [-0.3, -0.25) is 0 Å². The van der Waals surface area contributed by atoms with Crippen LogP contribution < -0.4 is 5.11 Å². The first-order valence-electron chi connectivity index (χ1n) is 8.73. The van der Waals surface area contributed by atoms with Crippen molar-refractivity contribution in [3.63, 3.8) is 0 Å². The minimum absolute atomic E-state index is 0.117. The molecule has 2 fully saturated rings. The maximum atomic E-state index is 12.6. The molecule has 27 heavy (non-hydrogen) atoms. The number of alkyl halides is 3. The van der Waals surface area contributed by atoms with Gasteiger partial charge >= 0.3 is 6.18 Å². The predicted octanol–water partition coefficient (Wildman–Crippen LogP) is 3.06. The summed E-state index contributed by atoms with van der Waals surface area (Å²) in [5.74, 6) is 0.885. The van der Waals surface area contributed by atoms with Gasteiger partial charge in [-0.05, 0) is 55.4 Å². The van der Waals surface area contributed by atoms with Crippen molar-refractivity contribution in [2.75, 3.05) is 13.1 Å². The van der Waals surface area contributed by atoms with Crippen molar-refractivity contribution in [1.29, 1.82) is 0 Å². The minimum Gasteiger partial charge on any atom is -0.530 e. The number of nitrogens with zero attached hydrogens (tertiary/aromatic N) is 3. The summed E-state index contributed by atoms with van der Waals surface area (Å²) in [7, 11) is 0. The smallest absolute Gasteiger partial charge is 0.416 e. The van der Waals surface area contributed by atoms with Crippen molar-refractivity contribution in [2.24, 2.45) is 5.41 Å². The Bertz CT molecular complexity index is 832. The molecule has 0 atom stereocenters. The molecule has 1 aliphatic carbocycles.